The molecule has 0 unspecified atom stereocenters. The van der Waals surface area contributed by atoms with Crippen LogP contribution >= 0.6 is 0 Å². The van der Waals surface area contributed by atoms with Crippen LogP contribution in [-0.4, -0.2) is 16.1 Å². The van der Waals surface area contributed by atoms with Gasteiger partial charge in [0, 0.05) is 12.1 Å². The van der Waals surface area contributed by atoms with Gasteiger partial charge in [0.1, 0.15) is 5.69 Å². The third-order valence-corrected chi connectivity index (χ3v) is 1.58. The number of rotatable bonds is 3. The van der Waals surface area contributed by atoms with Crippen molar-refractivity contribution in [3.8, 4) is 0 Å². The number of aromatic carboxylic acids is 1. The lowest BCUT2D eigenvalue weighted by molar-refractivity contribution is 0.0689. The summed E-state index contributed by atoms with van der Waals surface area (Å²) in [5.74, 6) is -1.35. The third-order valence-electron chi connectivity index (χ3n) is 1.58. The highest BCUT2D eigenvalue weighted by molar-refractivity contribution is 5.85. The lowest BCUT2D eigenvalue weighted by atomic mass is 10.2. The van der Waals surface area contributed by atoms with E-state index in [1.54, 1.807) is 0 Å². The highest BCUT2D eigenvalue weighted by atomic mass is 19.3. The summed E-state index contributed by atoms with van der Waals surface area (Å²) in [7, 11) is 0. The SMILES string of the molecule is NCc1cc(C(F)F)cc(C(=O)O)n1. The van der Waals surface area contributed by atoms with Crippen molar-refractivity contribution < 1.29 is 18.7 Å². The van der Waals surface area contributed by atoms with Crippen molar-refractivity contribution in [2.24, 2.45) is 5.73 Å². The number of carbonyl (C=O) groups is 1. The maximum absolute atomic E-state index is 12.3. The van der Waals surface area contributed by atoms with Crippen molar-refractivity contribution in [2.75, 3.05) is 0 Å². The molecule has 0 aliphatic rings. The highest BCUT2D eigenvalue weighted by Crippen LogP contribution is 2.19. The fourth-order valence-corrected chi connectivity index (χ4v) is 0.951. The van der Waals surface area contributed by atoms with Gasteiger partial charge in [-0.25, -0.2) is 18.6 Å². The third kappa shape index (κ3) is 2.23. The summed E-state index contributed by atoms with van der Waals surface area (Å²) in [6.45, 7) is -0.0686. The van der Waals surface area contributed by atoms with Gasteiger partial charge < -0.3 is 10.8 Å². The van der Waals surface area contributed by atoms with Crippen LogP contribution in [0.25, 0.3) is 0 Å². The molecular weight excluding hydrogens is 194 g/mol. The Labute approximate surface area is 78.4 Å². The van der Waals surface area contributed by atoms with Gasteiger partial charge in [0.25, 0.3) is 6.43 Å². The molecule has 1 aromatic rings. The van der Waals surface area contributed by atoms with Crippen LogP contribution in [0.3, 0.4) is 0 Å². The molecule has 0 amide bonds. The van der Waals surface area contributed by atoms with Crippen molar-refractivity contribution in [3.05, 3.63) is 29.1 Å². The number of alkyl halides is 2. The van der Waals surface area contributed by atoms with Gasteiger partial charge in [0.15, 0.2) is 0 Å². The zero-order valence-corrected chi connectivity index (χ0v) is 7.08. The lowest BCUT2D eigenvalue weighted by Gasteiger charge is -2.04. The number of pyridine rings is 1. The monoisotopic (exact) mass is 202 g/mol. The van der Waals surface area contributed by atoms with Crippen LogP contribution in [-0.2, 0) is 6.54 Å². The van der Waals surface area contributed by atoms with Crippen LogP contribution in [0, 0.1) is 0 Å². The molecule has 3 N–H and O–H groups in total. The number of halogens is 2. The Hall–Kier alpha value is -1.56. The molecular formula is C8H8F2N2O2. The van der Waals surface area contributed by atoms with Crippen LogP contribution < -0.4 is 5.73 Å². The quantitative estimate of drug-likeness (QED) is 0.771. The lowest BCUT2D eigenvalue weighted by Crippen LogP contribution is -2.08. The largest absolute Gasteiger partial charge is 0.477 e. The molecule has 0 spiro atoms. The number of aromatic nitrogens is 1. The van der Waals surface area contributed by atoms with E-state index in [9.17, 15) is 13.6 Å². The van der Waals surface area contributed by atoms with E-state index in [1.807, 2.05) is 0 Å². The van der Waals surface area contributed by atoms with Gasteiger partial charge in [0.05, 0.1) is 5.69 Å². The van der Waals surface area contributed by atoms with E-state index in [0.29, 0.717) is 0 Å². The fourth-order valence-electron chi connectivity index (χ4n) is 0.951. The van der Waals surface area contributed by atoms with Crippen molar-refractivity contribution in [1.29, 1.82) is 0 Å². The molecule has 1 heterocycles. The van der Waals surface area contributed by atoms with E-state index < -0.39 is 18.1 Å². The van der Waals surface area contributed by atoms with E-state index >= 15 is 0 Å². The normalized spacial score (nSPS) is 10.6. The Balaban J connectivity index is 3.20. The Bertz CT molecular complexity index is 355. The van der Waals surface area contributed by atoms with Gasteiger partial charge in [-0.05, 0) is 12.1 Å². The highest BCUT2D eigenvalue weighted by Gasteiger charge is 2.13. The maximum Gasteiger partial charge on any atom is 0.354 e. The van der Waals surface area contributed by atoms with Gasteiger partial charge in [-0.1, -0.05) is 0 Å². The average Bonchev–Trinajstić information content (AvgIpc) is 2.16. The van der Waals surface area contributed by atoms with E-state index in [-0.39, 0.29) is 17.8 Å². The second-order valence-corrected chi connectivity index (χ2v) is 2.59. The first-order valence-electron chi connectivity index (χ1n) is 3.77. The minimum Gasteiger partial charge on any atom is -0.477 e. The first kappa shape index (κ1) is 10.5. The zero-order valence-electron chi connectivity index (χ0n) is 7.08. The van der Waals surface area contributed by atoms with Gasteiger partial charge in [-0.3, -0.25) is 0 Å². The molecule has 1 aromatic heterocycles. The van der Waals surface area contributed by atoms with Crippen molar-refractivity contribution in [2.45, 2.75) is 13.0 Å². The second kappa shape index (κ2) is 4.10. The average molecular weight is 202 g/mol. The van der Waals surface area contributed by atoms with Crippen molar-refractivity contribution in [3.63, 3.8) is 0 Å². The summed E-state index contributed by atoms with van der Waals surface area (Å²) in [5, 5.41) is 8.56. The standard InChI is InChI=1S/C8H8F2N2O2/c9-7(10)4-1-5(3-11)12-6(2-4)8(13)14/h1-2,7H,3,11H2,(H,13,14). The molecule has 0 bridgehead atoms. The van der Waals surface area contributed by atoms with E-state index in [2.05, 4.69) is 4.98 Å². The molecule has 14 heavy (non-hydrogen) atoms. The predicted molar refractivity (Wildman–Crippen MR) is 44.0 cm³/mol. The minimum atomic E-state index is -2.72. The van der Waals surface area contributed by atoms with Crippen LogP contribution in [0.4, 0.5) is 8.78 Å². The van der Waals surface area contributed by atoms with E-state index in [1.165, 1.54) is 0 Å². The Morgan fingerprint density at radius 3 is 2.64 bits per heavy atom. The van der Waals surface area contributed by atoms with E-state index in [0.717, 1.165) is 12.1 Å². The molecule has 0 aromatic carbocycles. The first-order valence-corrected chi connectivity index (χ1v) is 3.77. The summed E-state index contributed by atoms with van der Waals surface area (Å²) in [6, 6.07) is 1.93. The second-order valence-electron chi connectivity index (χ2n) is 2.59. The summed E-state index contributed by atoms with van der Waals surface area (Å²) < 4.78 is 24.5. The van der Waals surface area contributed by atoms with Crippen LogP contribution in [0.1, 0.15) is 28.2 Å². The minimum absolute atomic E-state index is 0.0686. The molecule has 0 saturated carbocycles. The zero-order chi connectivity index (χ0) is 10.7. The molecule has 0 atom stereocenters. The van der Waals surface area contributed by atoms with Crippen molar-refractivity contribution >= 4 is 5.97 Å². The van der Waals surface area contributed by atoms with E-state index in [4.69, 9.17) is 10.8 Å². The number of nitrogens with zero attached hydrogens (tertiary/aromatic N) is 1. The van der Waals surface area contributed by atoms with Gasteiger partial charge >= 0.3 is 5.97 Å². The summed E-state index contributed by atoms with van der Waals surface area (Å²) in [6.07, 6.45) is -2.72. The molecule has 76 valence electrons. The molecule has 0 aliphatic heterocycles. The molecule has 0 fully saturated rings. The Kier molecular flexibility index (Phi) is 3.08. The number of carboxylic acid groups (broad SMARTS) is 1. The van der Waals surface area contributed by atoms with Crippen LogP contribution in [0.2, 0.25) is 0 Å². The fraction of sp³-hybridized carbons (Fsp3) is 0.250. The molecule has 0 saturated heterocycles. The topological polar surface area (TPSA) is 76.2 Å². The Morgan fingerprint density at radius 2 is 2.21 bits per heavy atom. The summed E-state index contributed by atoms with van der Waals surface area (Å²) >= 11 is 0. The first-order chi connectivity index (χ1) is 6.54. The smallest absolute Gasteiger partial charge is 0.354 e. The molecule has 1 rings (SSSR count). The maximum atomic E-state index is 12.3. The molecule has 0 aliphatic carbocycles. The van der Waals surface area contributed by atoms with Crippen LogP contribution in [0.15, 0.2) is 12.1 Å². The number of hydrogen-bond donors (Lipinski definition) is 2. The summed E-state index contributed by atoms with van der Waals surface area (Å²) in [5.41, 5.74) is 4.54. The van der Waals surface area contributed by atoms with Crippen LogP contribution in [0.5, 0.6) is 0 Å². The molecule has 6 heteroatoms. The van der Waals surface area contributed by atoms with Crippen molar-refractivity contribution in [1.82, 2.24) is 4.98 Å². The molecule has 4 nitrogen and oxygen atoms in total. The Morgan fingerprint density at radius 1 is 1.57 bits per heavy atom. The number of hydrogen-bond acceptors (Lipinski definition) is 3. The van der Waals surface area contributed by atoms with Gasteiger partial charge in [-0.2, -0.15) is 0 Å². The molecule has 0 radical (unpaired) electrons. The number of carboxylic acids is 1. The van der Waals surface area contributed by atoms with Gasteiger partial charge in [0.2, 0.25) is 0 Å². The number of nitrogens with two attached hydrogens (primary N) is 1. The summed E-state index contributed by atoms with van der Waals surface area (Å²) in [4.78, 5) is 14.1. The van der Waals surface area contributed by atoms with Gasteiger partial charge in [-0.15, -0.1) is 0 Å². The predicted octanol–water partition coefficient (Wildman–Crippen LogP) is 1.18.